The molecule has 0 radical (unpaired) electrons. The van der Waals surface area contributed by atoms with Crippen molar-refractivity contribution in [2.45, 2.75) is 39.2 Å². The van der Waals surface area contributed by atoms with Crippen molar-refractivity contribution >= 4 is 15.9 Å². The topological polar surface area (TPSA) is 35.2 Å². The van der Waals surface area contributed by atoms with Gasteiger partial charge in [0, 0.05) is 10.5 Å². The smallest absolute Gasteiger partial charge is 0.130 e. The molecule has 0 fully saturated rings. The zero-order valence-electron chi connectivity index (χ0n) is 12.8. The molecule has 2 nitrogen and oxygen atoms in total. The van der Waals surface area contributed by atoms with Crippen molar-refractivity contribution in [3.63, 3.8) is 0 Å². The summed E-state index contributed by atoms with van der Waals surface area (Å²) in [7, 11) is 0. The summed E-state index contributed by atoms with van der Waals surface area (Å²) in [5.41, 5.74) is 8.25. The van der Waals surface area contributed by atoms with Gasteiger partial charge in [0.15, 0.2) is 0 Å². The third-order valence-electron chi connectivity index (χ3n) is 3.75. The van der Waals surface area contributed by atoms with E-state index < -0.39 is 0 Å². The summed E-state index contributed by atoms with van der Waals surface area (Å²) < 4.78 is 7.06. The third-order valence-corrected chi connectivity index (χ3v) is 4.44. The Kier molecular flexibility index (Phi) is 5.43. The molecule has 2 aromatic carbocycles. The number of rotatable bonds is 5. The van der Waals surface area contributed by atoms with Crippen LogP contribution in [0, 0.1) is 0 Å². The lowest BCUT2D eigenvalue weighted by Crippen LogP contribution is -2.05. The fraction of sp³-hybridized carbons (Fsp3) is 0.333. The molecule has 0 bridgehead atoms. The Morgan fingerprint density at radius 3 is 2.43 bits per heavy atom. The van der Waals surface area contributed by atoms with Crippen molar-refractivity contribution in [3.8, 4) is 11.5 Å². The van der Waals surface area contributed by atoms with E-state index in [4.69, 9.17) is 10.5 Å². The normalized spacial score (nSPS) is 13.8. The van der Waals surface area contributed by atoms with Crippen molar-refractivity contribution < 1.29 is 4.74 Å². The zero-order valence-corrected chi connectivity index (χ0v) is 14.4. The number of halogens is 1. The lowest BCUT2D eigenvalue weighted by atomic mass is 9.98. The molecule has 21 heavy (non-hydrogen) atoms. The lowest BCUT2D eigenvalue weighted by Gasteiger charge is -2.16. The van der Waals surface area contributed by atoms with E-state index in [1.807, 2.05) is 37.3 Å². The molecule has 3 heteroatoms. The molecule has 0 saturated heterocycles. The summed E-state index contributed by atoms with van der Waals surface area (Å²) in [6.07, 6.45) is 1.09. The number of hydrogen-bond acceptors (Lipinski definition) is 2. The molecule has 2 N–H and O–H groups in total. The minimum Gasteiger partial charge on any atom is -0.457 e. The molecule has 1 unspecified atom stereocenters. The van der Waals surface area contributed by atoms with Gasteiger partial charge in [0.25, 0.3) is 0 Å². The maximum atomic E-state index is 6.08. The zero-order chi connectivity index (χ0) is 15.4. The first-order valence-electron chi connectivity index (χ1n) is 7.34. The predicted octanol–water partition coefficient (Wildman–Crippen LogP) is 5.77. The van der Waals surface area contributed by atoms with Gasteiger partial charge in [-0.3, -0.25) is 0 Å². The molecule has 112 valence electrons. The van der Waals surface area contributed by atoms with Gasteiger partial charge in [-0.2, -0.15) is 0 Å². The second-order valence-electron chi connectivity index (χ2n) is 5.42. The Bertz CT molecular complexity index is 610. The van der Waals surface area contributed by atoms with Crippen LogP contribution in [0.5, 0.6) is 11.5 Å². The lowest BCUT2D eigenvalue weighted by molar-refractivity contribution is 0.469. The minimum atomic E-state index is 0.000764. The van der Waals surface area contributed by atoms with Gasteiger partial charge in [0.2, 0.25) is 0 Å². The summed E-state index contributed by atoms with van der Waals surface area (Å²) in [4.78, 5) is 0. The van der Waals surface area contributed by atoms with Gasteiger partial charge < -0.3 is 10.5 Å². The Labute approximate surface area is 135 Å². The van der Waals surface area contributed by atoms with Gasteiger partial charge in [-0.15, -0.1) is 0 Å². The first kappa shape index (κ1) is 16.1. The Balaban J connectivity index is 2.29. The third kappa shape index (κ3) is 3.86. The van der Waals surface area contributed by atoms with E-state index in [1.54, 1.807) is 0 Å². The van der Waals surface area contributed by atoms with Crippen LogP contribution in [0.2, 0.25) is 0 Å². The van der Waals surface area contributed by atoms with Crippen LogP contribution >= 0.6 is 15.9 Å². The summed E-state index contributed by atoms with van der Waals surface area (Å²) in [6, 6.07) is 14.2. The second kappa shape index (κ2) is 7.10. The second-order valence-corrected chi connectivity index (χ2v) is 6.28. The molecule has 0 aliphatic heterocycles. The maximum Gasteiger partial charge on any atom is 0.130 e. The summed E-state index contributed by atoms with van der Waals surface area (Å²) in [5, 5.41) is 0. The van der Waals surface area contributed by atoms with Crippen LogP contribution in [0.15, 0.2) is 46.9 Å². The number of hydrogen-bond donors (Lipinski definition) is 1. The first-order valence-corrected chi connectivity index (χ1v) is 8.14. The van der Waals surface area contributed by atoms with Gasteiger partial charge in [-0.1, -0.05) is 54.0 Å². The first-order chi connectivity index (χ1) is 10.0. The van der Waals surface area contributed by atoms with E-state index >= 15 is 0 Å². The highest BCUT2D eigenvalue weighted by molar-refractivity contribution is 9.10. The van der Waals surface area contributed by atoms with Crippen LogP contribution in [0.25, 0.3) is 0 Å². The minimum absolute atomic E-state index is 0.000764. The van der Waals surface area contributed by atoms with Gasteiger partial charge in [0.1, 0.15) is 11.5 Å². The van der Waals surface area contributed by atoms with Crippen molar-refractivity contribution in [1.29, 1.82) is 0 Å². The molecule has 0 spiro atoms. The molecule has 0 aromatic heterocycles. The molecule has 0 heterocycles. The summed E-state index contributed by atoms with van der Waals surface area (Å²) in [5.74, 6) is 2.22. The molecular weight excluding hydrogens is 326 g/mol. The standard InChI is InChI=1S/C18H22BrNO/c1-4-12(2)15-7-5-6-8-18(15)21-14-9-10-16(13(3)20)17(19)11-14/h5-13H,4,20H2,1-3H3/t12?,13-/m0/s1. The molecule has 2 aromatic rings. The quantitative estimate of drug-likeness (QED) is 0.744. The van der Waals surface area contributed by atoms with E-state index in [2.05, 4.69) is 41.9 Å². The number of para-hydroxylation sites is 1. The molecule has 0 aliphatic rings. The molecular formula is C18H22BrNO. The van der Waals surface area contributed by atoms with Gasteiger partial charge in [-0.25, -0.2) is 0 Å². The fourth-order valence-electron chi connectivity index (χ4n) is 2.27. The SMILES string of the molecule is CCC(C)c1ccccc1Oc1ccc([C@H](C)N)c(Br)c1. The summed E-state index contributed by atoms with van der Waals surface area (Å²) >= 11 is 3.56. The number of nitrogens with two attached hydrogens (primary N) is 1. The van der Waals surface area contributed by atoms with E-state index in [0.717, 1.165) is 28.0 Å². The van der Waals surface area contributed by atoms with E-state index in [9.17, 15) is 0 Å². The molecule has 2 atom stereocenters. The van der Waals surface area contributed by atoms with E-state index in [0.29, 0.717) is 5.92 Å². The molecule has 0 amide bonds. The maximum absolute atomic E-state index is 6.08. The average molecular weight is 348 g/mol. The van der Waals surface area contributed by atoms with Crippen LogP contribution < -0.4 is 10.5 Å². The largest absolute Gasteiger partial charge is 0.457 e. The highest BCUT2D eigenvalue weighted by Gasteiger charge is 2.11. The number of ether oxygens (including phenoxy) is 1. The summed E-state index contributed by atoms with van der Waals surface area (Å²) in [6.45, 7) is 6.38. The van der Waals surface area contributed by atoms with Crippen LogP contribution in [-0.2, 0) is 0 Å². The Hall–Kier alpha value is -1.32. The van der Waals surface area contributed by atoms with Gasteiger partial charge in [0.05, 0.1) is 0 Å². The predicted molar refractivity (Wildman–Crippen MR) is 92.0 cm³/mol. The van der Waals surface area contributed by atoms with E-state index in [1.165, 1.54) is 5.56 Å². The molecule has 2 rings (SSSR count). The van der Waals surface area contributed by atoms with Crippen molar-refractivity contribution in [3.05, 3.63) is 58.1 Å². The van der Waals surface area contributed by atoms with Gasteiger partial charge >= 0.3 is 0 Å². The number of benzene rings is 2. The van der Waals surface area contributed by atoms with Crippen LogP contribution in [0.1, 0.15) is 50.3 Å². The van der Waals surface area contributed by atoms with E-state index in [-0.39, 0.29) is 6.04 Å². The van der Waals surface area contributed by atoms with Crippen LogP contribution in [0.4, 0.5) is 0 Å². The monoisotopic (exact) mass is 347 g/mol. The highest BCUT2D eigenvalue weighted by Crippen LogP contribution is 2.34. The van der Waals surface area contributed by atoms with Crippen molar-refractivity contribution in [2.75, 3.05) is 0 Å². The highest BCUT2D eigenvalue weighted by atomic mass is 79.9. The fourth-order valence-corrected chi connectivity index (χ4v) is 2.99. The molecule has 0 saturated carbocycles. The molecule has 0 aliphatic carbocycles. The van der Waals surface area contributed by atoms with Crippen LogP contribution in [-0.4, -0.2) is 0 Å². The van der Waals surface area contributed by atoms with Gasteiger partial charge in [-0.05, 0) is 48.6 Å². The van der Waals surface area contributed by atoms with Crippen LogP contribution in [0.3, 0.4) is 0 Å². The van der Waals surface area contributed by atoms with Crippen molar-refractivity contribution in [2.24, 2.45) is 5.73 Å². The Morgan fingerprint density at radius 1 is 1.10 bits per heavy atom. The van der Waals surface area contributed by atoms with Crippen molar-refractivity contribution in [1.82, 2.24) is 0 Å². The Morgan fingerprint density at radius 2 is 1.81 bits per heavy atom. The average Bonchev–Trinajstić information content (AvgIpc) is 2.46.